The van der Waals surface area contributed by atoms with Gasteiger partial charge in [0.15, 0.2) is 0 Å². The lowest BCUT2D eigenvalue weighted by Crippen LogP contribution is -2.15. The molecule has 0 unspecified atom stereocenters. The summed E-state index contributed by atoms with van der Waals surface area (Å²) in [7, 11) is -2.35. The summed E-state index contributed by atoms with van der Waals surface area (Å²) < 4.78 is 57.9. The van der Waals surface area contributed by atoms with Crippen LogP contribution >= 0.6 is 7.60 Å². The zero-order chi connectivity index (χ0) is 23.6. The monoisotopic (exact) mass is 492 g/mol. The molecule has 0 rings (SSSR count). The van der Waals surface area contributed by atoms with Crippen LogP contribution in [-0.4, -0.2) is 135 Å². The van der Waals surface area contributed by atoms with Crippen molar-refractivity contribution in [1.29, 1.82) is 0 Å². The summed E-state index contributed by atoms with van der Waals surface area (Å²) in [5, 5.41) is 0. The van der Waals surface area contributed by atoms with Gasteiger partial charge < -0.3 is 52.4 Å². The lowest BCUT2D eigenvalue weighted by atomic mass is 10.6. The Balaban J connectivity index is 3.03. The van der Waals surface area contributed by atoms with Crippen LogP contribution in [0.15, 0.2) is 0 Å². The maximum Gasteiger partial charge on any atom is 0.327 e. The molecular weight excluding hydrogens is 451 g/mol. The van der Waals surface area contributed by atoms with Gasteiger partial charge in [-0.3, -0.25) is 4.57 Å². The van der Waals surface area contributed by atoms with Gasteiger partial charge in [-0.2, -0.15) is 0 Å². The van der Waals surface area contributed by atoms with Crippen LogP contribution in [0.2, 0.25) is 0 Å². The molecular formula is C19H41O12P. The molecule has 0 amide bonds. The minimum absolute atomic E-state index is 0.0136. The zero-order valence-electron chi connectivity index (χ0n) is 19.2. The lowest BCUT2D eigenvalue weighted by Gasteiger charge is -2.09. The van der Waals surface area contributed by atoms with Crippen molar-refractivity contribution in [2.45, 2.75) is 0 Å². The Labute approximate surface area is 190 Å². The van der Waals surface area contributed by atoms with Gasteiger partial charge in [0.05, 0.1) is 118 Å². The van der Waals surface area contributed by atoms with E-state index >= 15 is 0 Å². The van der Waals surface area contributed by atoms with Crippen LogP contribution in [0.4, 0.5) is 0 Å². The van der Waals surface area contributed by atoms with E-state index in [1.807, 2.05) is 0 Å². The van der Waals surface area contributed by atoms with Gasteiger partial charge in [-0.25, -0.2) is 0 Å². The van der Waals surface area contributed by atoms with Crippen molar-refractivity contribution in [2.75, 3.05) is 126 Å². The lowest BCUT2D eigenvalue weighted by molar-refractivity contribution is -0.0240. The molecule has 0 aromatic rings. The van der Waals surface area contributed by atoms with Crippen LogP contribution in [0.5, 0.6) is 0 Å². The first kappa shape index (κ1) is 31.8. The van der Waals surface area contributed by atoms with E-state index in [2.05, 4.69) is 0 Å². The van der Waals surface area contributed by atoms with Crippen LogP contribution in [0.1, 0.15) is 0 Å². The minimum atomic E-state index is -3.99. The first-order chi connectivity index (χ1) is 15.6. The fraction of sp³-hybridized carbons (Fsp3) is 1.00. The largest absolute Gasteiger partial charge is 0.382 e. The third-order valence-electron chi connectivity index (χ3n) is 3.56. The molecule has 0 fully saturated rings. The Hall–Kier alpha value is -0.210. The van der Waals surface area contributed by atoms with E-state index in [0.29, 0.717) is 99.1 Å². The molecule has 0 spiro atoms. The van der Waals surface area contributed by atoms with Crippen LogP contribution in [0, 0.1) is 0 Å². The maximum atomic E-state index is 10.6. The number of ether oxygens (including phenoxy) is 9. The van der Waals surface area contributed by atoms with Crippen molar-refractivity contribution >= 4 is 7.60 Å². The molecule has 0 heterocycles. The predicted octanol–water partition coefficient (Wildman–Crippen LogP) is -0.0567. The van der Waals surface area contributed by atoms with Crippen molar-refractivity contribution in [3.63, 3.8) is 0 Å². The molecule has 0 aliphatic rings. The quantitative estimate of drug-likeness (QED) is 0.117. The molecule has 13 heteroatoms. The third-order valence-corrected chi connectivity index (χ3v) is 4.33. The Bertz CT molecular complexity index is 410. The molecule has 0 radical (unpaired) electrons. The fourth-order valence-corrected chi connectivity index (χ4v) is 2.33. The molecule has 0 aromatic carbocycles. The van der Waals surface area contributed by atoms with E-state index in [4.69, 9.17) is 52.4 Å². The summed E-state index contributed by atoms with van der Waals surface area (Å²) in [5.41, 5.74) is 0. The molecule has 0 saturated heterocycles. The highest BCUT2D eigenvalue weighted by Crippen LogP contribution is 2.33. The predicted molar refractivity (Wildman–Crippen MR) is 115 cm³/mol. The Morgan fingerprint density at radius 3 is 0.875 bits per heavy atom. The van der Waals surface area contributed by atoms with Crippen molar-refractivity contribution in [1.82, 2.24) is 0 Å². The average Bonchev–Trinajstić information content (AvgIpc) is 2.75. The molecule has 2 N–H and O–H groups in total. The van der Waals surface area contributed by atoms with Crippen LogP contribution in [0.3, 0.4) is 0 Å². The first-order valence-electron chi connectivity index (χ1n) is 10.7. The standard InChI is InChI=1S/C19H41O12P/c1-23-2-3-24-4-5-25-6-7-26-8-9-27-10-11-28-12-13-29-14-15-30-16-17-31-18-19-32(20,21)22/h2-19H2,1H3,(H2,20,21,22). The highest BCUT2D eigenvalue weighted by Gasteiger charge is 2.11. The summed E-state index contributed by atoms with van der Waals surface area (Å²) in [6, 6.07) is 0. The summed E-state index contributed by atoms with van der Waals surface area (Å²) in [6.45, 7) is 7.69. The van der Waals surface area contributed by atoms with Crippen molar-refractivity contribution in [3.8, 4) is 0 Å². The van der Waals surface area contributed by atoms with Gasteiger partial charge in [0.2, 0.25) is 0 Å². The second-order valence-corrected chi connectivity index (χ2v) is 8.06. The topological polar surface area (TPSA) is 141 Å². The number of hydrogen-bond acceptors (Lipinski definition) is 10. The van der Waals surface area contributed by atoms with Gasteiger partial charge in [-0.05, 0) is 0 Å². The van der Waals surface area contributed by atoms with Crippen LogP contribution in [-0.2, 0) is 47.2 Å². The van der Waals surface area contributed by atoms with E-state index in [9.17, 15) is 4.57 Å². The van der Waals surface area contributed by atoms with E-state index < -0.39 is 7.60 Å². The van der Waals surface area contributed by atoms with Gasteiger partial charge >= 0.3 is 7.60 Å². The SMILES string of the molecule is COCCOCCOCCOCCOCCOCCOCCOCCOCCP(=O)(O)O. The molecule has 0 bridgehead atoms. The third kappa shape index (κ3) is 29.8. The summed E-state index contributed by atoms with van der Waals surface area (Å²) >= 11 is 0. The molecule has 12 nitrogen and oxygen atoms in total. The van der Waals surface area contributed by atoms with Gasteiger partial charge in [0.25, 0.3) is 0 Å². The van der Waals surface area contributed by atoms with Crippen molar-refractivity contribution in [3.05, 3.63) is 0 Å². The van der Waals surface area contributed by atoms with E-state index in [0.717, 1.165) is 0 Å². The molecule has 0 aromatic heterocycles. The number of hydrogen-bond donors (Lipinski definition) is 2. The Kier molecular flexibility index (Phi) is 25.2. The number of methoxy groups -OCH3 is 1. The van der Waals surface area contributed by atoms with Gasteiger partial charge in [-0.1, -0.05) is 0 Å². The molecule has 0 aliphatic heterocycles. The second kappa shape index (κ2) is 25.4. The minimum Gasteiger partial charge on any atom is -0.382 e. The fourth-order valence-electron chi connectivity index (χ4n) is 1.97. The smallest absolute Gasteiger partial charge is 0.327 e. The molecule has 32 heavy (non-hydrogen) atoms. The van der Waals surface area contributed by atoms with Crippen LogP contribution < -0.4 is 0 Å². The Morgan fingerprint density at radius 1 is 0.438 bits per heavy atom. The van der Waals surface area contributed by atoms with Gasteiger partial charge in [-0.15, -0.1) is 0 Å². The van der Waals surface area contributed by atoms with Crippen molar-refractivity contribution < 1.29 is 57.0 Å². The summed E-state index contributed by atoms with van der Waals surface area (Å²) in [5.74, 6) is 0. The first-order valence-corrected chi connectivity index (χ1v) is 12.5. The number of rotatable bonds is 27. The van der Waals surface area contributed by atoms with E-state index in [1.165, 1.54) is 0 Å². The summed E-state index contributed by atoms with van der Waals surface area (Å²) in [6.07, 6.45) is -0.280. The van der Waals surface area contributed by atoms with Crippen LogP contribution in [0.25, 0.3) is 0 Å². The summed E-state index contributed by atoms with van der Waals surface area (Å²) in [4.78, 5) is 17.3. The zero-order valence-corrected chi connectivity index (χ0v) is 20.0. The Morgan fingerprint density at radius 2 is 0.656 bits per heavy atom. The molecule has 194 valence electrons. The van der Waals surface area contributed by atoms with E-state index in [-0.39, 0.29) is 19.4 Å². The highest BCUT2D eigenvalue weighted by molar-refractivity contribution is 7.51. The highest BCUT2D eigenvalue weighted by atomic mass is 31.2. The normalized spacial score (nSPS) is 12.0. The maximum absolute atomic E-state index is 10.6. The molecule has 0 atom stereocenters. The molecule has 0 saturated carbocycles. The van der Waals surface area contributed by atoms with Crippen molar-refractivity contribution in [2.24, 2.45) is 0 Å². The van der Waals surface area contributed by atoms with E-state index in [1.54, 1.807) is 7.11 Å². The average molecular weight is 492 g/mol. The van der Waals surface area contributed by atoms with Gasteiger partial charge in [0.1, 0.15) is 0 Å². The van der Waals surface area contributed by atoms with Gasteiger partial charge in [0, 0.05) is 7.11 Å². The second-order valence-electron chi connectivity index (χ2n) is 6.28. The molecule has 0 aliphatic carbocycles.